The lowest BCUT2D eigenvalue weighted by Gasteiger charge is -2.02. The van der Waals surface area contributed by atoms with E-state index in [9.17, 15) is 4.79 Å². The summed E-state index contributed by atoms with van der Waals surface area (Å²) in [6.07, 6.45) is 0. The van der Waals surface area contributed by atoms with Gasteiger partial charge in [-0.25, -0.2) is 0 Å². The minimum Gasteiger partial charge on any atom is -0.454 e. The van der Waals surface area contributed by atoms with Crippen molar-refractivity contribution in [3.05, 3.63) is 39.5 Å². The molecule has 0 unspecified atom stereocenters. The van der Waals surface area contributed by atoms with Gasteiger partial charge in [0.25, 0.3) is 5.91 Å². The third kappa shape index (κ3) is 3.27. The monoisotopic (exact) mass is 357 g/mol. The number of aromatic nitrogens is 2. The first kappa shape index (κ1) is 15.2. The Kier molecular flexibility index (Phi) is 4.93. The molecule has 0 aromatic carbocycles. The summed E-state index contributed by atoms with van der Waals surface area (Å²) < 4.78 is 8.37. The number of amides is 1. The number of carbonyl (C=O) groups is 1. The zero-order valence-corrected chi connectivity index (χ0v) is 13.8. The lowest BCUT2D eigenvalue weighted by molar-refractivity contribution is 0.0926. The van der Waals surface area contributed by atoms with Crippen LogP contribution in [0, 0.1) is 13.8 Å². The largest absolute Gasteiger partial charge is 0.454 e. The van der Waals surface area contributed by atoms with E-state index in [1.807, 2.05) is 18.5 Å². The van der Waals surface area contributed by atoms with Crippen LogP contribution in [0.4, 0.5) is 0 Å². The predicted molar refractivity (Wildman–Crippen MR) is 83.4 cm³/mol. The highest BCUT2D eigenvalue weighted by Gasteiger charge is 2.13. The van der Waals surface area contributed by atoms with Crippen LogP contribution in [0.15, 0.2) is 21.0 Å². The van der Waals surface area contributed by atoms with E-state index in [2.05, 4.69) is 39.0 Å². The first-order valence-corrected chi connectivity index (χ1v) is 7.62. The van der Waals surface area contributed by atoms with Crippen molar-refractivity contribution in [1.82, 2.24) is 15.1 Å². The van der Waals surface area contributed by atoms with Crippen molar-refractivity contribution < 1.29 is 9.21 Å². The topological polar surface area (TPSA) is 60.1 Å². The molecule has 0 fully saturated rings. The molecule has 2 aromatic heterocycles. The number of halogens is 1. The Hall–Kier alpha value is -1.21. The molecule has 1 amide bonds. The van der Waals surface area contributed by atoms with Crippen molar-refractivity contribution in [2.24, 2.45) is 0 Å². The third-order valence-corrected chi connectivity index (χ3v) is 4.25. The lowest BCUT2D eigenvalue weighted by Crippen LogP contribution is -2.24. The van der Waals surface area contributed by atoms with E-state index in [0.717, 1.165) is 15.9 Å². The number of nitrogens with zero attached hydrogens (tertiary/aromatic N) is 2. The smallest absolute Gasteiger partial charge is 0.287 e. The van der Waals surface area contributed by atoms with Crippen LogP contribution in [0.25, 0.3) is 0 Å². The summed E-state index contributed by atoms with van der Waals surface area (Å²) in [6, 6.07) is 3.46. The Balaban J connectivity index is 2.09. The van der Waals surface area contributed by atoms with Gasteiger partial charge in [0.1, 0.15) is 5.76 Å². The minimum atomic E-state index is -0.222. The first-order valence-electron chi connectivity index (χ1n) is 6.20. The molecule has 0 bridgehead atoms. The van der Waals surface area contributed by atoms with Crippen LogP contribution in [-0.4, -0.2) is 28.0 Å². The summed E-state index contributed by atoms with van der Waals surface area (Å²) in [5.74, 6) is 1.38. The van der Waals surface area contributed by atoms with Crippen LogP contribution < -0.4 is 5.32 Å². The SMILES string of the molecule is Cc1nn(Cc2ccc(C(=O)NCCS)o2)c(C)c1Br. The number of thiol groups is 1. The molecule has 0 saturated heterocycles. The Morgan fingerprint density at radius 3 is 2.85 bits per heavy atom. The van der Waals surface area contributed by atoms with E-state index in [0.29, 0.717) is 30.4 Å². The molecule has 0 aliphatic rings. The summed E-state index contributed by atoms with van der Waals surface area (Å²) in [6.45, 7) is 4.93. The van der Waals surface area contributed by atoms with Gasteiger partial charge < -0.3 is 9.73 Å². The molecule has 2 heterocycles. The van der Waals surface area contributed by atoms with Gasteiger partial charge in [0.05, 0.1) is 22.4 Å². The van der Waals surface area contributed by atoms with Gasteiger partial charge in [-0.05, 0) is 41.9 Å². The number of furan rings is 1. The van der Waals surface area contributed by atoms with E-state index >= 15 is 0 Å². The zero-order chi connectivity index (χ0) is 14.7. The van der Waals surface area contributed by atoms with Crippen molar-refractivity contribution in [2.75, 3.05) is 12.3 Å². The standard InChI is InChI=1S/C13H16BrN3O2S/c1-8-12(14)9(2)17(16-8)7-10-3-4-11(19-10)13(18)15-5-6-20/h3-4,20H,5-7H2,1-2H3,(H,15,18). The molecular weight excluding hydrogens is 342 g/mol. The van der Waals surface area contributed by atoms with E-state index in [1.54, 1.807) is 12.1 Å². The third-order valence-electron chi connectivity index (χ3n) is 2.88. The lowest BCUT2D eigenvalue weighted by atomic mass is 10.4. The fraction of sp³-hybridized carbons (Fsp3) is 0.385. The normalized spacial score (nSPS) is 10.8. The number of aryl methyl sites for hydroxylation is 1. The summed E-state index contributed by atoms with van der Waals surface area (Å²) in [4.78, 5) is 11.7. The average molecular weight is 358 g/mol. The molecule has 1 N–H and O–H groups in total. The first-order chi connectivity index (χ1) is 9.52. The van der Waals surface area contributed by atoms with Crippen molar-refractivity contribution in [2.45, 2.75) is 20.4 Å². The molecule has 2 rings (SSSR count). The van der Waals surface area contributed by atoms with Gasteiger partial charge in [-0.15, -0.1) is 0 Å². The predicted octanol–water partition coefficient (Wildman–Crippen LogP) is 2.56. The summed E-state index contributed by atoms with van der Waals surface area (Å²) in [7, 11) is 0. The summed E-state index contributed by atoms with van der Waals surface area (Å²) >= 11 is 7.53. The second kappa shape index (κ2) is 6.49. The van der Waals surface area contributed by atoms with Gasteiger partial charge >= 0.3 is 0 Å². The number of hydrogen-bond donors (Lipinski definition) is 2. The molecule has 20 heavy (non-hydrogen) atoms. The highest BCUT2D eigenvalue weighted by atomic mass is 79.9. The zero-order valence-electron chi connectivity index (χ0n) is 11.3. The second-order valence-electron chi connectivity index (χ2n) is 4.39. The molecular formula is C13H16BrN3O2S. The number of nitrogens with one attached hydrogen (secondary N) is 1. The molecule has 5 nitrogen and oxygen atoms in total. The van der Waals surface area contributed by atoms with Gasteiger partial charge in [-0.3, -0.25) is 9.48 Å². The molecule has 2 aromatic rings. The van der Waals surface area contributed by atoms with E-state index in [4.69, 9.17) is 4.42 Å². The Morgan fingerprint density at radius 2 is 2.25 bits per heavy atom. The van der Waals surface area contributed by atoms with Crippen molar-refractivity contribution in [1.29, 1.82) is 0 Å². The number of rotatable bonds is 5. The number of carbonyl (C=O) groups excluding carboxylic acids is 1. The second-order valence-corrected chi connectivity index (χ2v) is 5.63. The molecule has 108 valence electrons. The number of hydrogen-bond acceptors (Lipinski definition) is 4. The molecule has 0 saturated carbocycles. The van der Waals surface area contributed by atoms with Crippen LogP contribution in [0.5, 0.6) is 0 Å². The maximum atomic E-state index is 11.7. The van der Waals surface area contributed by atoms with Crippen molar-refractivity contribution in [3.8, 4) is 0 Å². The highest BCUT2D eigenvalue weighted by molar-refractivity contribution is 9.10. The van der Waals surface area contributed by atoms with E-state index in [1.165, 1.54) is 0 Å². The van der Waals surface area contributed by atoms with Crippen LogP contribution in [0.2, 0.25) is 0 Å². The molecule has 0 radical (unpaired) electrons. The fourth-order valence-corrected chi connectivity index (χ4v) is 2.21. The summed E-state index contributed by atoms with van der Waals surface area (Å²) in [5, 5.41) is 7.12. The molecule has 7 heteroatoms. The van der Waals surface area contributed by atoms with Gasteiger partial charge in [-0.1, -0.05) is 0 Å². The van der Waals surface area contributed by atoms with Gasteiger partial charge in [-0.2, -0.15) is 17.7 Å². The maximum Gasteiger partial charge on any atom is 0.287 e. The minimum absolute atomic E-state index is 0.222. The molecule has 0 spiro atoms. The average Bonchev–Trinajstić information content (AvgIpc) is 2.98. The Morgan fingerprint density at radius 1 is 1.50 bits per heavy atom. The van der Waals surface area contributed by atoms with Crippen LogP contribution in [0.3, 0.4) is 0 Å². The van der Waals surface area contributed by atoms with Crippen LogP contribution >= 0.6 is 28.6 Å². The summed E-state index contributed by atoms with van der Waals surface area (Å²) in [5.41, 5.74) is 1.96. The Labute approximate surface area is 131 Å². The van der Waals surface area contributed by atoms with Crippen LogP contribution in [-0.2, 0) is 6.54 Å². The maximum absolute atomic E-state index is 11.7. The van der Waals surface area contributed by atoms with E-state index in [-0.39, 0.29) is 5.91 Å². The molecule has 0 aliphatic heterocycles. The van der Waals surface area contributed by atoms with Crippen molar-refractivity contribution in [3.63, 3.8) is 0 Å². The molecule has 0 atom stereocenters. The van der Waals surface area contributed by atoms with Gasteiger partial charge in [0.15, 0.2) is 5.76 Å². The van der Waals surface area contributed by atoms with Crippen LogP contribution in [0.1, 0.15) is 27.7 Å². The quantitative estimate of drug-likeness (QED) is 0.808. The van der Waals surface area contributed by atoms with Gasteiger partial charge in [0, 0.05) is 12.3 Å². The van der Waals surface area contributed by atoms with Gasteiger partial charge in [0.2, 0.25) is 0 Å². The fourth-order valence-electron chi connectivity index (χ4n) is 1.82. The van der Waals surface area contributed by atoms with Crippen molar-refractivity contribution >= 4 is 34.5 Å². The molecule has 0 aliphatic carbocycles. The highest BCUT2D eigenvalue weighted by Crippen LogP contribution is 2.21. The van der Waals surface area contributed by atoms with E-state index < -0.39 is 0 Å². The Bertz CT molecular complexity index is 621.